The van der Waals surface area contributed by atoms with Crippen LogP contribution in [-0.2, 0) is 4.79 Å². The van der Waals surface area contributed by atoms with Gasteiger partial charge in [-0.1, -0.05) is 6.92 Å². The summed E-state index contributed by atoms with van der Waals surface area (Å²) in [6.45, 7) is 10.1. The van der Waals surface area contributed by atoms with Crippen molar-refractivity contribution in [2.75, 3.05) is 6.54 Å². The van der Waals surface area contributed by atoms with Crippen LogP contribution < -0.4 is 10.6 Å². The number of hydrogen-bond acceptors (Lipinski definition) is 4. The smallest absolute Gasteiger partial charge is 0.253 e. The molecule has 0 bridgehead atoms. The van der Waals surface area contributed by atoms with Gasteiger partial charge in [0.1, 0.15) is 6.04 Å². The molecule has 0 aliphatic heterocycles. The lowest BCUT2D eigenvalue weighted by Gasteiger charge is -2.15. The topological polar surface area (TPSA) is 88.9 Å². The summed E-state index contributed by atoms with van der Waals surface area (Å²) in [7, 11) is 0. The zero-order chi connectivity index (χ0) is 17.9. The van der Waals surface area contributed by atoms with Crippen LogP contribution in [0.25, 0.3) is 11.0 Å². The third kappa shape index (κ3) is 3.72. The molecule has 7 heteroatoms. The second kappa shape index (κ2) is 7.42. The van der Waals surface area contributed by atoms with Gasteiger partial charge in [-0.25, -0.2) is 9.67 Å². The van der Waals surface area contributed by atoms with Crippen molar-refractivity contribution in [3.05, 3.63) is 23.5 Å². The Balaban J connectivity index is 2.20. The zero-order valence-corrected chi connectivity index (χ0v) is 14.9. The summed E-state index contributed by atoms with van der Waals surface area (Å²) in [6, 6.07) is 1.36. The van der Waals surface area contributed by atoms with Crippen LogP contribution in [0.3, 0.4) is 0 Å². The minimum absolute atomic E-state index is 0.190. The first-order chi connectivity index (χ1) is 11.3. The van der Waals surface area contributed by atoms with Gasteiger partial charge in [0.05, 0.1) is 17.5 Å². The second-order valence-corrected chi connectivity index (χ2v) is 6.20. The molecule has 2 rings (SSSR count). The van der Waals surface area contributed by atoms with Crippen LogP contribution in [0.15, 0.2) is 12.3 Å². The number of aryl methyl sites for hydroxylation is 1. The Bertz CT molecular complexity index is 751. The van der Waals surface area contributed by atoms with Gasteiger partial charge in [-0.05, 0) is 40.2 Å². The van der Waals surface area contributed by atoms with E-state index in [0.29, 0.717) is 17.8 Å². The van der Waals surface area contributed by atoms with Crippen molar-refractivity contribution >= 4 is 22.8 Å². The van der Waals surface area contributed by atoms with E-state index < -0.39 is 6.04 Å². The van der Waals surface area contributed by atoms with Gasteiger partial charge in [-0.15, -0.1) is 0 Å². The highest BCUT2D eigenvalue weighted by Crippen LogP contribution is 2.19. The fourth-order valence-corrected chi connectivity index (χ4v) is 2.41. The van der Waals surface area contributed by atoms with E-state index in [2.05, 4.69) is 20.7 Å². The summed E-state index contributed by atoms with van der Waals surface area (Å²) in [5.41, 5.74) is 1.83. The number of nitrogens with zero attached hydrogens (tertiary/aromatic N) is 3. The first-order valence-corrected chi connectivity index (χ1v) is 8.28. The lowest BCUT2D eigenvalue weighted by molar-refractivity contribution is -0.122. The van der Waals surface area contributed by atoms with Crippen molar-refractivity contribution in [1.29, 1.82) is 0 Å². The zero-order valence-electron chi connectivity index (χ0n) is 14.9. The van der Waals surface area contributed by atoms with Crippen molar-refractivity contribution in [2.24, 2.45) is 0 Å². The standard InChI is InChI=1S/C17H25N5O2/c1-6-7-18-16(23)12(5)21-17(24)14-8-13-9-19-22(10(2)3)15(13)20-11(14)4/h8-10,12H,6-7H2,1-5H3,(H,18,23)(H,21,24). The Kier molecular flexibility index (Phi) is 5.54. The maximum absolute atomic E-state index is 12.5. The minimum Gasteiger partial charge on any atom is -0.354 e. The van der Waals surface area contributed by atoms with Gasteiger partial charge < -0.3 is 10.6 Å². The van der Waals surface area contributed by atoms with Crippen molar-refractivity contribution < 1.29 is 9.59 Å². The Morgan fingerprint density at radius 1 is 1.29 bits per heavy atom. The molecule has 0 saturated carbocycles. The number of rotatable bonds is 6. The Labute approximate surface area is 141 Å². The molecule has 130 valence electrons. The fraction of sp³-hybridized carbons (Fsp3) is 0.529. The van der Waals surface area contributed by atoms with E-state index in [9.17, 15) is 9.59 Å². The molecule has 1 atom stereocenters. The maximum Gasteiger partial charge on any atom is 0.253 e. The summed E-state index contributed by atoms with van der Waals surface area (Å²) < 4.78 is 1.82. The summed E-state index contributed by atoms with van der Waals surface area (Å²) in [5, 5.41) is 10.6. The van der Waals surface area contributed by atoms with Gasteiger partial charge in [0.2, 0.25) is 5.91 Å². The maximum atomic E-state index is 12.5. The summed E-state index contributed by atoms with van der Waals surface area (Å²) in [4.78, 5) is 28.9. The molecule has 0 spiro atoms. The average Bonchev–Trinajstić information content (AvgIpc) is 2.94. The van der Waals surface area contributed by atoms with Crippen molar-refractivity contribution in [2.45, 2.75) is 53.1 Å². The monoisotopic (exact) mass is 331 g/mol. The first kappa shape index (κ1) is 17.9. The summed E-state index contributed by atoms with van der Waals surface area (Å²) in [6.07, 6.45) is 2.56. The number of aromatic nitrogens is 3. The molecule has 2 aromatic rings. The predicted molar refractivity (Wildman–Crippen MR) is 92.9 cm³/mol. The molecule has 0 aliphatic rings. The Morgan fingerprint density at radius 3 is 2.62 bits per heavy atom. The van der Waals surface area contributed by atoms with E-state index in [0.717, 1.165) is 17.5 Å². The van der Waals surface area contributed by atoms with Gasteiger partial charge in [0, 0.05) is 18.0 Å². The normalized spacial score (nSPS) is 12.4. The van der Waals surface area contributed by atoms with E-state index in [1.54, 1.807) is 26.1 Å². The van der Waals surface area contributed by atoms with Crippen molar-refractivity contribution in [3.8, 4) is 0 Å². The molecule has 0 saturated heterocycles. The molecule has 0 aromatic carbocycles. The summed E-state index contributed by atoms with van der Waals surface area (Å²) in [5.74, 6) is -0.497. The van der Waals surface area contributed by atoms with Gasteiger partial charge in [-0.3, -0.25) is 9.59 Å². The van der Waals surface area contributed by atoms with Gasteiger partial charge in [0.15, 0.2) is 5.65 Å². The number of amides is 2. The number of carbonyl (C=O) groups is 2. The largest absolute Gasteiger partial charge is 0.354 e. The molecule has 24 heavy (non-hydrogen) atoms. The fourth-order valence-electron chi connectivity index (χ4n) is 2.41. The van der Waals surface area contributed by atoms with Crippen LogP contribution in [0.5, 0.6) is 0 Å². The van der Waals surface area contributed by atoms with Crippen LogP contribution in [0.1, 0.15) is 56.2 Å². The van der Waals surface area contributed by atoms with Crippen LogP contribution in [0.2, 0.25) is 0 Å². The number of pyridine rings is 1. The third-order valence-electron chi connectivity index (χ3n) is 3.78. The molecule has 0 radical (unpaired) electrons. The molecule has 0 aliphatic carbocycles. The van der Waals surface area contributed by atoms with Gasteiger partial charge in [-0.2, -0.15) is 5.10 Å². The Morgan fingerprint density at radius 2 is 2.00 bits per heavy atom. The van der Waals surface area contributed by atoms with E-state index in [4.69, 9.17) is 0 Å². The van der Waals surface area contributed by atoms with Crippen LogP contribution in [-0.4, -0.2) is 39.2 Å². The van der Waals surface area contributed by atoms with Crippen LogP contribution >= 0.6 is 0 Å². The molecular formula is C17H25N5O2. The van der Waals surface area contributed by atoms with E-state index in [1.807, 2.05) is 25.5 Å². The number of fused-ring (bicyclic) bond motifs is 1. The lowest BCUT2D eigenvalue weighted by atomic mass is 10.1. The van der Waals surface area contributed by atoms with Gasteiger partial charge >= 0.3 is 0 Å². The highest BCUT2D eigenvalue weighted by molar-refractivity contribution is 6.00. The molecule has 2 N–H and O–H groups in total. The van der Waals surface area contributed by atoms with Crippen LogP contribution in [0.4, 0.5) is 0 Å². The van der Waals surface area contributed by atoms with E-state index >= 15 is 0 Å². The highest BCUT2D eigenvalue weighted by Gasteiger charge is 2.19. The molecule has 0 fully saturated rings. The van der Waals surface area contributed by atoms with Crippen molar-refractivity contribution in [1.82, 2.24) is 25.4 Å². The number of nitrogens with one attached hydrogen (secondary N) is 2. The average molecular weight is 331 g/mol. The number of carbonyl (C=O) groups excluding carboxylic acids is 2. The van der Waals surface area contributed by atoms with Gasteiger partial charge in [0.25, 0.3) is 5.91 Å². The Hall–Kier alpha value is -2.44. The first-order valence-electron chi connectivity index (χ1n) is 8.28. The quantitative estimate of drug-likeness (QED) is 0.847. The molecule has 1 unspecified atom stereocenters. The summed E-state index contributed by atoms with van der Waals surface area (Å²) >= 11 is 0. The molecule has 7 nitrogen and oxygen atoms in total. The number of hydrogen-bond donors (Lipinski definition) is 2. The molecule has 2 heterocycles. The molecule has 2 aromatic heterocycles. The minimum atomic E-state index is -0.600. The van der Waals surface area contributed by atoms with Crippen LogP contribution in [0, 0.1) is 6.92 Å². The molecule has 2 amide bonds. The SMILES string of the molecule is CCCNC(=O)C(C)NC(=O)c1cc2cnn(C(C)C)c2nc1C. The van der Waals surface area contributed by atoms with E-state index in [-0.39, 0.29) is 17.9 Å². The predicted octanol–water partition coefficient (Wildman–Crippen LogP) is 1.97. The van der Waals surface area contributed by atoms with Crippen molar-refractivity contribution in [3.63, 3.8) is 0 Å². The highest BCUT2D eigenvalue weighted by atomic mass is 16.2. The van der Waals surface area contributed by atoms with E-state index in [1.165, 1.54) is 0 Å². The lowest BCUT2D eigenvalue weighted by Crippen LogP contribution is -2.45. The molecular weight excluding hydrogens is 306 g/mol. The second-order valence-electron chi connectivity index (χ2n) is 6.20. The third-order valence-corrected chi connectivity index (χ3v) is 3.78.